The van der Waals surface area contributed by atoms with Gasteiger partial charge in [0.1, 0.15) is 5.10 Å². The van der Waals surface area contributed by atoms with E-state index >= 15 is 0 Å². The van der Waals surface area contributed by atoms with Crippen LogP contribution in [-0.4, -0.2) is 39.1 Å². The van der Waals surface area contributed by atoms with Crippen LogP contribution in [0.4, 0.5) is 0 Å². The van der Waals surface area contributed by atoms with E-state index in [-0.39, 0.29) is 5.96 Å². The Morgan fingerprint density at radius 3 is 3.00 bits per heavy atom. The van der Waals surface area contributed by atoms with Crippen molar-refractivity contribution >= 4 is 28.9 Å². The van der Waals surface area contributed by atoms with E-state index in [1.807, 2.05) is 11.0 Å². The zero-order valence-corrected chi connectivity index (χ0v) is 15.1. The van der Waals surface area contributed by atoms with Crippen LogP contribution in [0.1, 0.15) is 16.0 Å². The molecule has 0 radical (unpaired) electrons. The summed E-state index contributed by atoms with van der Waals surface area (Å²) in [6.45, 7) is 4.25. The van der Waals surface area contributed by atoms with Gasteiger partial charge < -0.3 is 10.2 Å². The summed E-state index contributed by atoms with van der Waals surface area (Å²) in [5, 5.41) is 16.6. The number of halogens is 1. The smallest absolute Gasteiger partial charge is 0.273 e. The number of hydrogen-bond donors (Lipinski definition) is 1. The fourth-order valence-electron chi connectivity index (χ4n) is 2.67. The maximum absolute atomic E-state index is 10.8. The number of nitro groups is 1. The summed E-state index contributed by atoms with van der Waals surface area (Å²) in [6.07, 6.45) is 1.68. The summed E-state index contributed by atoms with van der Waals surface area (Å²) in [5.74, 6) is 0.245. The standard InChI is InChI=1S/C15H17ClN6O2S/c1-11-3-2-4-12(5-11)7-20-9-18-15(19-22(23)24)21(10-20)8-13-6-17-14(16)25-13/h2-6H,7-10H2,1H3,(H,18,19). The monoisotopic (exact) mass is 380 g/mol. The fourth-order valence-corrected chi connectivity index (χ4v) is 3.67. The van der Waals surface area contributed by atoms with Crippen molar-refractivity contribution in [1.29, 1.82) is 0 Å². The van der Waals surface area contributed by atoms with Crippen molar-refractivity contribution in [2.75, 3.05) is 13.3 Å². The number of thiazole rings is 1. The third-order valence-corrected chi connectivity index (χ3v) is 4.77. The van der Waals surface area contributed by atoms with Gasteiger partial charge in [0.15, 0.2) is 9.50 Å². The van der Waals surface area contributed by atoms with Crippen LogP contribution in [0.3, 0.4) is 0 Å². The third-order valence-electron chi connectivity index (χ3n) is 3.67. The van der Waals surface area contributed by atoms with E-state index in [0.29, 0.717) is 24.3 Å². The molecule has 0 bridgehead atoms. The molecule has 0 spiro atoms. The van der Waals surface area contributed by atoms with Gasteiger partial charge >= 0.3 is 0 Å². The molecule has 1 aromatic carbocycles. The number of nitrogens with one attached hydrogen (secondary N) is 1. The molecule has 0 saturated carbocycles. The molecule has 10 heteroatoms. The first kappa shape index (κ1) is 17.6. The zero-order valence-electron chi connectivity index (χ0n) is 13.6. The van der Waals surface area contributed by atoms with Crippen LogP contribution in [-0.2, 0) is 13.1 Å². The van der Waals surface area contributed by atoms with Crippen LogP contribution in [0.2, 0.25) is 4.47 Å². The molecule has 0 atom stereocenters. The molecule has 3 rings (SSSR count). The molecule has 2 heterocycles. The number of hydrogen-bond acceptors (Lipinski definition) is 5. The summed E-state index contributed by atoms with van der Waals surface area (Å²) in [5.41, 5.74) is 2.39. The fraction of sp³-hybridized carbons (Fsp3) is 0.333. The van der Waals surface area contributed by atoms with Crippen molar-refractivity contribution < 1.29 is 5.03 Å². The van der Waals surface area contributed by atoms with Gasteiger partial charge in [0.2, 0.25) is 0 Å². The van der Waals surface area contributed by atoms with E-state index in [1.165, 1.54) is 22.5 Å². The first-order valence-corrected chi connectivity index (χ1v) is 8.79. The summed E-state index contributed by atoms with van der Waals surface area (Å²) in [6, 6.07) is 8.28. The molecule has 25 heavy (non-hydrogen) atoms. The molecule has 2 aromatic rings. The number of nitrogens with zero attached hydrogens (tertiary/aromatic N) is 5. The van der Waals surface area contributed by atoms with Crippen LogP contribution in [0.25, 0.3) is 0 Å². The maximum atomic E-state index is 10.8. The molecular formula is C15H17ClN6O2S. The van der Waals surface area contributed by atoms with Gasteiger partial charge in [0.05, 0.1) is 19.9 Å². The van der Waals surface area contributed by atoms with Gasteiger partial charge in [-0.15, -0.1) is 11.3 Å². The third kappa shape index (κ3) is 4.88. The molecule has 1 fully saturated rings. The Hall–Kier alpha value is -2.23. The highest BCUT2D eigenvalue weighted by molar-refractivity contribution is 7.15. The van der Waals surface area contributed by atoms with Crippen molar-refractivity contribution in [3.05, 3.63) is 61.0 Å². The van der Waals surface area contributed by atoms with E-state index < -0.39 is 5.03 Å². The predicted octanol–water partition coefficient (Wildman–Crippen LogP) is 2.48. The van der Waals surface area contributed by atoms with Gasteiger partial charge in [-0.25, -0.2) is 15.1 Å². The predicted molar refractivity (Wildman–Crippen MR) is 96.7 cm³/mol. The molecular weight excluding hydrogens is 364 g/mol. The van der Waals surface area contributed by atoms with Gasteiger partial charge in [-0.05, 0) is 12.5 Å². The average Bonchev–Trinajstić information content (AvgIpc) is 2.95. The number of hydrazone groups is 1. The second-order valence-electron chi connectivity index (χ2n) is 5.73. The highest BCUT2D eigenvalue weighted by Crippen LogP contribution is 2.20. The van der Waals surface area contributed by atoms with Crippen molar-refractivity contribution in [1.82, 2.24) is 20.1 Å². The van der Waals surface area contributed by atoms with Gasteiger partial charge in [0.25, 0.3) is 5.96 Å². The lowest BCUT2D eigenvalue weighted by Crippen LogP contribution is -2.56. The quantitative estimate of drug-likeness (QED) is 0.633. The number of rotatable bonds is 5. The molecule has 0 aliphatic carbocycles. The summed E-state index contributed by atoms with van der Waals surface area (Å²) >= 11 is 7.22. The lowest BCUT2D eigenvalue weighted by Gasteiger charge is -2.36. The largest absolute Gasteiger partial charge is 0.338 e. The van der Waals surface area contributed by atoms with E-state index in [4.69, 9.17) is 11.6 Å². The minimum atomic E-state index is -0.689. The normalized spacial score (nSPS) is 16.9. The topological polar surface area (TPSA) is 86.9 Å². The minimum absolute atomic E-state index is 0.245. The minimum Gasteiger partial charge on any atom is -0.338 e. The highest BCUT2D eigenvalue weighted by Gasteiger charge is 2.25. The van der Waals surface area contributed by atoms with Crippen molar-refractivity contribution in [2.24, 2.45) is 5.10 Å². The summed E-state index contributed by atoms with van der Waals surface area (Å²) < 4.78 is 0.448. The van der Waals surface area contributed by atoms with E-state index in [9.17, 15) is 10.1 Å². The van der Waals surface area contributed by atoms with E-state index in [1.54, 1.807) is 6.20 Å². The van der Waals surface area contributed by atoms with Crippen LogP contribution in [0.15, 0.2) is 35.6 Å². The first-order chi connectivity index (χ1) is 12.0. The van der Waals surface area contributed by atoms with E-state index in [2.05, 4.69) is 45.4 Å². The van der Waals surface area contributed by atoms with Crippen LogP contribution >= 0.6 is 22.9 Å². The Morgan fingerprint density at radius 1 is 1.48 bits per heavy atom. The van der Waals surface area contributed by atoms with Crippen molar-refractivity contribution in [3.63, 3.8) is 0 Å². The number of guanidine groups is 1. The van der Waals surface area contributed by atoms with Gasteiger partial charge in [-0.2, -0.15) is 0 Å². The number of aromatic nitrogens is 1. The Bertz CT molecular complexity index is 796. The van der Waals surface area contributed by atoms with Gasteiger partial charge in [-0.1, -0.05) is 41.4 Å². The highest BCUT2D eigenvalue weighted by atomic mass is 35.5. The number of benzene rings is 1. The second-order valence-corrected chi connectivity index (χ2v) is 7.43. The maximum Gasteiger partial charge on any atom is 0.273 e. The molecule has 1 aliphatic heterocycles. The lowest BCUT2D eigenvalue weighted by atomic mass is 10.1. The van der Waals surface area contributed by atoms with Crippen LogP contribution < -0.4 is 5.32 Å². The lowest BCUT2D eigenvalue weighted by molar-refractivity contribution is -0.486. The van der Waals surface area contributed by atoms with E-state index in [0.717, 1.165) is 11.4 Å². The zero-order chi connectivity index (χ0) is 17.8. The summed E-state index contributed by atoms with van der Waals surface area (Å²) in [7, 11) is 0. The first-order valence-electron chi connectivity index (χ1n) is 7.59. The Labute approximate surface area is 153 Å². The average molecular weight is 381 g/mol. The number of aryl methyl sites for hydroxylation is 1. The van der Waals surface area contributed by atoms with Crippen LogP contribution in [0.5, 0.6) is 0 Å². The Kier molecular flexibility index (Phi) is 5.47. The summed E-state index contributed by atoms with van der Waals surface area (Å²) in [4.78, 5) is 19.7. The Morgan fingerprint density at radius 2 is 2.32 bits per heavy atom. The molecule has 1 N–H and O–H groups in total. The van der Waals surface area contributed by atoms with Crippen molar-refractivity contribution in [3.8, 4) is 0 Å². The van der Waals surface area contributed by atoms with Gasteiger partial charge in [-0.3, -0.25) is 4.90 Å². The molecule has 1 aromatic heterocycles. The SMILES string of the molecule is Cc1cccc(CN2CN/C(=N\[N+](=O)[O-])N(Cc3cnc(Cl)s3)C2)c1. The molecule has 0 amide bonds. The molecule has 132 valence electrons. The Balaban J connectivity index is 1.73. The van der Waals surface area contributed by atoms with Crippen molar-refractivity contribution in [2.45, 2.75) is 20.0 Å². The molecule has 0 unspecified atom stereocenters. The second kappa shape index (κ2) is 7.77. The van der Waals surface area contributed by atoms with Gasteiger partial charge in [0, 0.05) is 17.6 Å². The molecule has 1 aliphatic rings. The van der Waals surface area contributed by atoms with Crippen LogP contribution in [0, 0.1) is 17.0 Å². The molecule has 1 saturated heterocycles. The molecule has 8 nitrogen and oxygen atoms in total.